The van der Waals surface area contributed by atoms with Crippen molar-refractivity contribution in [1.82, 2.24) is 5.32 Å². The molecule has 0 heterocycles. The van der Waals surface area contributed by atoms with Gasteiger partial charge < -0.3 is 10.4 Å². The van der Waals surface area contributed by atoms with Crippen LogP contribution in [0.5, 0.6) is 5.75 Å². The third kappa shape index (κ3) is 2.25. The number of nitrogens with one attached hydrogen (secondary N) is 1. The molecule has 82 valence electrons. The molecule has 0 bridgehead atoms. The van der Waals surface area contributed by atoms with Gasteiger partial charge in [-0.2, -0.15) is 0 Å². The van der Waals surface area contributed by atoms with E-state index >= 15 is 0 Å². The Balaban J connectivity index is 3.54. The Labute approximate surface area is 86.8 Å². The molecule has 7 heteroatoms. The monoisotopic (exact) mass is 230 g/mol. The lowest BCUT2D eigenvalue weighted by atomic mass is 10.2. The van der Waals surface area contributed by atoms with Gasteiger partial charge in [-0.15, -0.1) is 0 Å². The Bertz CT molecular complexity index is 495. The van der Waals surface area contributed by atoms with E-state index in [1.807, 2.05) is 0 Å². The third-order valence-electron chi connectivity index (χ3n) is 1.75. The predicted octanol–water partition coefficient (Wildman–Crippen LogP) is -0.601. The maximum Gasteiger partial charge on any atom is 0.252 e. The molecule has 0 spiro atoms. The van der Waals surface area contributed by atoms with Crippen molar-refractivity contribution < 1.29 is 18.3 Å². The maximum atomic E-state index is 11.3. The second-order valence-corrected chi connectivity index (χ2v) is 4.28. The highest BCUT2D eigenvalue weighted by molar-refractivity contribution is 7.89. The highest BCUT2D eigenvalue weighted by Gasteiger charge is 2.22. The number of aromatic hydroxyl groups is 1. The van der Waals surface area contributed by atoms with E-state index < -0.39 is 26.6 Å². The number of hydrogen-bond acceptors (Lipinski definition) is 4. The summed E-state index contributed by atoms with van der Waals surface area (Å²) in [7, 11) is -2.78. The van der Waals surface area contributed by atoms with Crippen LogP contribution in [-0.2, 0) is 10.0 Å². The molecule has 1 amide bonds. The normalized spacial score (nSPS) is 11.1. The number of carbonyl (C=O) groups excluding carboxylic acids is 1. The van der Waals surface area contributed by atoms with Crippen LogP contribution in [0.1, 0.15) is 10.4 Å². The van der Waals surface area contributed by atoms with Gasteiger partial charge in [0.1, 0.15) is 10.6 Å². The van der Waals surface area contributed by atoms with Crippen LogP contribution < -0.4 is 10.5 Å². The Morgan fingerprint density at radius 2 is 2.07 bits per heavy atom. The van der Waals surface area contributed by atoms with Crippen LogP contribution >= 0.6 is 0 Å². The quantitative estimate of drug-likeness (QED) is 0.630. The van der Waals surface area contributed by atoms with Gasteiger partial charge >= 0.3 is 0 Å². The van der Waals surface area contributed by atoms with Gasteiger partial charge in [0.05, 0.1) is 5.56 Å². The number of benzene rings is 1. The second kappa shape index (κ2) is 3.87. The molecule has 0 saturated carbocycles. The average Bonchev–Trinajstić information content (AvgIpc) is 2.14. The van der Waals surface area contributed by atoms with E-state index in [2.05, 4.69) is 5.32 Å². The molecule has 0 aliphatic carbocycles. The first-order chi connectivity index (χ1) is 6.88. The zero-order valence-electron chi connectivity index (χ0n) is 7.89. The number of rotatable bonds is 2. The first-order valence-electron chi connectivity index (χ1n) is 3.94. The van der Waals surface area contributed by atoms with E-state index in [0.717, 1.165) is 6.07 Å². The van der Waals surface area contributed by atoms with Gasteiger partial charge in [0.2, 0.25) is 10.0 Å². The summed E-state index contributed by atoms with van der Waals surface area (Å²) in [5, 5.41) is 16.5. The Morgan fingerprint density at radius 3 is 2.53 bits per heavy atom. The molecule has 0 fully saturated rings. The van der Waals surface area contributed by atoms with Gasteiger partial charge in [0.25, 0.3) is 5.91 Å². The van der Waals surface area contributed by atoms with Crippen LogP contribution in [0.2, 0.25) is 0 Å². The summed E-state index contributed by atoms with van der Waals surface area (Å²) in [6, 6.07) is 3.76. The summed E-state index contributed by atoms with van der Waals surface area (Å²) >= 11 is 0. The summed E-state index contributed by atoms with van der Waals surface area (Å²) in [5.74, 6) is -1.17. The SMILES string of the molecule is CNC(=O)c1cccc(O)c1S(N)(=O)=O. The van der Waals surface area contributed by atoms with Crippen molar-refractivity contribution >= 4 is 15.9 Å². The third-order valence-corrected chi connectivity index (χ3v) is 2.75. The molecular formula is C8H10N2O4S. The van der Waals surface area contributed by atoms with E-state index in [1.165, 1.54) is 19.2 Å². The lowest BCUT2D eigenvalue weighted by molar-refractivity contribution is 0.0959. The molecule has 15 heavy (non-hydrogen) atoms. The van der Waals surface area contributed by atoms with E-state index in [9.17, 15) is 18.3 Å². The molecule has 0 aromatic heterocycles. The van der Waals surface area contributed by atoms with Crippen molar-refractivity contribution in [2.24, 2.45) is 5.14 Å². The minimum atomic E-state index is -4.13. The van der Waals surface area contributed by atoms with Crippen molar-refractivity contribution in [3.8, 4) is 5.75 Å². The molecule has 1 aromatic rings. The number of carbonyl (C=O) groups is 1. The van der Waals surface area contributed by atoms with Crippen LogP contribution in [0.4, 0.5) is 0 Å². The zero-order chi connectivity index (χ0) is 11.6. The minimum absolute atomic E-state index is 0.181. The number of nitrogens with two attached hydrogens (primary N) is 1. The predicted molar refractivity (Wildman–Crippen MR) is 52.9 cm³/mol. The van der Waals surface area contributed by atoms with Crippen molar-refractivity contribution in [1.29, 1.82) is 0 Å². The largest absolute Gasteiger partial charge is 0.507 e. The molecular weight excluding hydrogens is 220 g/mol. The summed E-state index contributed by atoms with van der Waals surface area (Å²) in [4.78, 5) is 10.7. The fourth-order valence-electron chi connectivity index (χ4n) is 1.14. The molecule has 0 aliphatic rings. The van der Waals surface area contributed by atoms with Crippen LogP contribution in [0, 0.1) is 0 Å². The van der Waals surface area contributed by atoms with Gasteiger partial charge in [-0.05, 0) is 12.1 Å². The lowest BCUT2D eigenvalue weighted by Crippen LogP contribution is -2.23. The van der Waals surface area contributed by atoms with Gasteiger partial charge in [-0.25, -0.2) is 13.6 Å². The summed E-state index contributed by atoms with van der Waals surface area (Å²) in [5.41, 5.74) is -0.181. The number of phenolic OH excluding ortho intramolecular Hbond substituents is 1. The molecule has 0 unspecified atom stereocenters. The highest BCUT2D eigenvalue weighted by Crippen LogP contribution is 2.24. The number of hydrogen-bond donors (Lipinski definition) is 3. The van der Waals surface area contributed by atoms with Gasteiger partial charge in [-0.1, -0.05) is 6.07 Å². The van der Waals surface area contributed by atoms with Crippen molar-refractivity contribution in [3.05, 3.63) is 23.8 Å². The van der Waals surface area contributed by atoms with Gasteiger partial charge in [-0.3, -0.25) is 4.79 Å². The van der Waals surface area contributed by atoms with E-state index in [1.54, 1.807) is 0 Å². The molecule has 6 nitrogen and oxygen atoms in total. The number of primary sulfonamides is 1. The molecule has 0 atom stereocenters. The summed E-state index contributed by atoms with van der Waals surface area (Å²) in [6.07, 6.45) is 0. The first kappa shape index (κ1) is 11.5. The van der Waals surface area contributed by atoms with Crippen molar-refractivity contribution in [2.45, 2.75) is 4.90 Å². The number of sulfonamides is 1. The fourth-order valence-corrected chi connectivity index (χ4v) is 1.96. The van der Waals surface area contributed by atoms with Crippen molar-refractivity contribution in [2.75, 3.05) is 7.05 Å². The van der Waals surface area contributed by atoms with Gasteiger partial charge in [0.15, 0.2) is 0 Å². The standard InChI is InChI=1S/C8H10N2O4S/c1-10-8(12)5-3-2-4-6(11)7(5)15(9,13)14/h2-4,11H,1H3,(H,10,12)(H2,9,13,14). The molecule has 1 rings (SSSR count). The summed E-state index contributed by atoms with van der Waals surface area (Å²) in [6.45, 7) is 0. The molecule has 4 N–H and O–H groups in total. The van der Waals surface area contributed by atoms with E-state index in [4.69, 9.17) is 5.14 Å². The molecule has 0 saturated heterocycles. The Kier molecular flexibility index (Phi) is 2.96. The van der Waals surface area contributed by atoms with E-state index in [0.29, 0.717) is 0 Å². The highest BCUT2D eigenvalue weighted by atomic mass is 32.2. The second-order valence-electron chi connectivity index (χ2n) is 2.78. The summed E-state index contributed by atoms with van der Waals surface area (Å²) < 4.78 is 22.3. The topological polar surface area (TPSA) is 109 Å². The number of phenols is 1. The van der Waals surface area contributed by atoms with E-state index in [-0.39, 0.29) is 5.56 Å². The fraction of sp³-hybridized carbons (Fsp3) is 0.125. The average molecular weight is 230 g/mol. The smallest absolute Gasteiger partial charge is 0.252 e. The first-order valence-corrected chi connectivity index (χ1v) is 5.49. The zero-order valence-corrected chi connectivity index (χ0v) is 8.71. The molecule has 1 aromatic carbocycles. The van der Waals surface area contributed by atoms with Crippen LogP contribution in [-0.4, -0.2) is 26.5 Å². The minimum Gasteiger partial charge on any atom is -0.507 e. The maximum absolute atomic E-state index is 11.3. The lowest BCUT2D eigenvalue weighted by Gasteiger charge is -2.07. The molecule has 0 radical (unpaired) electrons. The number of amides is 1. The van der Waals surface area contributed by atoms with Gasteiger partial charge in [0, 0.05) is 7.05 Å². The van der Waals surface area contributed by atoms with Crippen LogP contribution in [0.3, 0.4) is 0 Å². The Morgan fingerprint density at radius 1 is 1.47 bits per heavy atom. The van der Waals surface area contributed by atoms with Crippen LogP contribution in [0.15, 0.2) is 23.1 Å². The van der Waals surface area contributed by atoms with Crippen molar-refractivity contribution in [3.63, 3.8) is 0 Å². The van der Waals surface area contributed by atoms with Crippen LogP contribution in [0.25, 0.3) is 0 Å². The molecule has 0 aliphatic heterocycles. The Hall–Kier alpha value is -1.60.